The van der Waals surface area contributed by atoms with E-state index in [0.717, 1.165) is 0 Å². The Morgan fingerprint density at radius 3 is 2.83 bits per heavy atom. The zero-order chi connectivity index (χ0) is 13.1. The lowest BCUT2D eigenvalue weighted by Crippen LogP contribution is -1.92. The summed E-state index contributed by atoms with van der Waals surface area (Å²) in [6.45, 7) is -0.680. The van der Waals surface area contributed by atoms with E-state index >= 15 is 0 Å². The maximum absolute atomic E-state index is 12.8. The van der Waals surface area contributed by atoms with Gasteiger partial charge in [0, 0.05) is 17.2 Å². The lowest BCUT2D eigenvalue weighted by Gasteiger charge is -2.06. The molecule has 0 aliphatic heterocycles. The fourth-order valence-corrected chi connectivity index (χ4v) is 1.55. The number of carboxylic acid groups (broad SMARTS) is 1. The largest absolute Gasteiger partial charge is 0.496 e. The first-order chi connectivity index (χ1) is 8.65. The Hall–Kier alpha value is -2.37. The van der Waals surface area contributed by atoms with Crippen LogP contribution in [0, 0.1) is 0 Å². The first kappa shape index (κ1) is 12.1. The molecule has 1 heterocycles. The van der Waals surface area contributed by atoms with Crippen LogP contribution in [0.3, 0.4) is 0 Å². The predicted octanol–water partition coefficient (Wildman–Crippen LogP) is 2.52. The molecule has 0 fully saturated rings. The molecule has 0 saturated carbocycles. The molecule has 0 aliphatic carbocycles. The first-order valence-corrected chi connectivity index (χ1v) is 5.09. The molecule has 5 nitrogen and oxygen atoms in total. The fourth-order valence-electron chi connectivity index (χ4n) is 1.55. The third kappa shape index (κ3) is 2.17. The van der Waals surface area contributed by atoms with Gasteiger partial charge in [0.1, 0.15) is 18.1 Å². The van der Waals surface area contributed by atoms with E-state index in [-0.39, 0.29) is 5.76 Å². The van der Waals surface area contributed by atoms with Gasteiger partial charge in [-0.3, -0.25) is 0 Å². The number of methoxy groups -OCH3 is 1. The zero-order valence-electron chi connectivity index (χ0n) is 9.51. The molecule has 1 aromatic carbocycles. The molecule has 0 spiro atoms. The monoisotopic (exact) mass is 251 g/mol. The number of ether oxygens (including phenoxy) is 1. The highest BCUT2D eigenvalue weighted by molar-refractivity contribution is 5.85. The van der Waals surface area contributed by atoms with Gasteiger partial charge < -0.3 is 14.4 Å². The van der Waals surface area contributed by atoms with Crippen molar-refractivity contribution < 1.29 is 23.6 Å². The molecule has 18 heavy (non-hydrogen) atoms. The summed E-state index contributed by atoms with van der Waals surface area (Å²) in [4.78, 5) is 10.7. The third-order valence-corrected chi connectivity index (χ3v) is 2.44. The van der Waals surface area contributed by atoms with Crippen molar-refractivity contribution in [3.8, 4) is 17.0 Å². The molecule has 2 aromatic rings. The summed E-state index contributed by atoms with van der Waals surface area (Å²) in [6, 6.07) is 6.08. The molecule has 1 N–H and O–H groups in total. The number of alkyl halides is 1. The molecule has 0 aliphatic rings. The number of nitrogens with zero attached hydrogens (tertiary/aromatic N) is 1. The Morgan fingerprint density at radius 1 is 1.50 bits per heavy atom. The molecular weight excluding hydrogens is 241 g/mol. The Morgan fingerprint density at radius 2 is 2.28 bits per heavy atom. The highest BCUT2D eigenvalue weighted by atomic mass is 19.1. The number of aromatic nitrogens is 1. The molecule has 94 valence electrons. The van der Waals surface area contributed by atoms with Crippen LogP contribution < -0.4 is 4.74 Å². The van der Waals surface area contributed by atoms with Crippen molar-refractivity contribution in [1.82, 2.24) is 5.16 Å². The van der Waals surface area contributed by atoms with Crippen molar-refractivity contribution in [2.75, 3.05) is 7.11 Å². The lowest BCUT2D eigenvalue weighted by atomic mass is 10.1. The van der Waals surface area contributed by atoms with E-state index in [1.54, 1.807) is 18.2 Å². The Bertz CT molecular complexity index is 579. The van der Waals surface area contributed by atoms with Crippen LogP contribution in [0.1, 0.15) is 16.1 Å². The highest BCUT2D eigenvalue weighted by Gasteiger charge is 2.13. The van der Waals surface area contributed by atoms with Gasteiger partial charge >= 0.3 is 5.97 Å². The minimum absolute atomic E-state index is 0.261. The minimum Gasteiger partial charge on any atom is -0.496 e. The average molecular weight is 251 g/mol. The van der Waals surface area contributed by atoms with E-state index < -0.39 is 12.6 Å². The molecule has 2 rings (SSSR count). The van der Waals surface area contributed by atoms with Crippen LogP contribution in [-0.4, -0.2) is 23.3 Å². The molecule has 0 atom stereocenters. The Kier molecular flexibility index (Phi) is 3.27. The lowest BCUT2D eigenvalue weighted by molar-refractivity contribution is 0.0652. The van der Waals surface area contributed by atoms with Gasteiger partial charge in [-0.25, -0.2) is 9.18 Å². The van der Waals surface area contributed by atoms with Gasteiger partial charge in [-0.2, -0.15) is 0 Å². The van der Waals surface area contributed by atoms with E-state index in [1.807, 2.05) is 0 Å². The summed E-state index contributed by atoms with van der Waals surface area (Å²) in [6.07, 6.45) is 0. The van der Waals surface area contributed by atoms with E-state index in [1.165, 1.54) is 13.2 Å². The molecule has 1 aromatic heterocycles. The Labute approximate surface area is 102 Å². The molecule has 0 bridgehead atoms. The first-order valence-electron chi connectivity index (χ1n) is 5.09. The number of halogens is 1. The van der Waals surface area contributed by atoms with Gasteiger partial charge in [0.25, 0.3) is 0 Å². The molecule has 0 unspecified atom stereocenters. The van der Waals surface area contributed by atoms with Crippen LogP contribution in [0.15, 0.2) is 28.8 Å². The van der Waals surface area contributed by atoms with Gasteiger partial charge in [-0.15, -0.1) is 0 Å². The van der Waals surface area contributed by atoms with Crippen LogP contribution >= 0.6 is 0 Å². The fraction of sp³-hybridized carbons (Fsp3) is 0.167. The SMILES string of the molecule is COc1ccc(-c2cc(C(=O)O)on2)cc1CF. The van der Waals surface area contributed by atoms with Crippen molar-refractivity contribution in [2.24, 2.45) is 0 Å². The van der Waals surface area contributed by atoms with Gasteiger partial charge in [0.05, 0.1) is 7.11 Å². The van der Waals surface area contributed by atoms with Crippen LogP contribution in [-0.2, 0) is 6.67 Å². The van der Waals surface area contributed by atoms with Gasteiger partial charge in [-0.05, 0) is 18.2 Å². The molecule has 0 saturated heterocycles. The van der Waals surface area contributed by atoms with E-state index in [0.29, 0.717) is 22.6 Å². The summed E-state index contributed by atoms with van der Waals surface area (Å²) >= 11 is 0. The number of hydrogen-bond acceptors (Lipinski definition) is 4. The van der Waals surface area contributed by atoms with Gasteiger partial charge in [0.2, 0.25) is 5.76 Å². The van der Waals surface area contributed by atoms with Crippen molar-refractivity contribution >= 4 is 5.97 Å². The third-order valence-electron chi connectivity index (χ3n) is 2.44. The van der Waals surface area contributed by atoms with Crippen LogP contribution in [0.5, 0.6) is 5.75 Å². The molecule has 6 heteroatoms. The maximum atomic E-state index is 12.8. The quantitative estimate of drug-likeness (QED) is 0.903. The van der Waals surface area contributed by atoms with Crippen molar-refractivity contribution in [2.45, 2.75) is 6.67 Å². The maximum Gasteiger partial charge on any atom is 0.374 e. The number of hydrogen-bond donors (Lipinski definition) is 1. The topological polar surface area (TPSA) is 72.6 Å². The average Bonchev–Trinajstić information content (AvgIpc) is 2.87. The Balaban J connectivity index is 2.41. The smallest absolute Gasteiger partial charge is 0.374 e. The summed E-state index contributed by atoms with van der Waals surface area (Å²) < 4.78 is 22.4. The number of rotatable bonds is 4. The summed E-state index contributed by atoms with van der Waals surface area (Å²) in [5, 5.41) is 12.3. The summed E-state index contributed by atoms with van der Waals surface area (Å²) in [5.74, 6) is -1.03. The number of carboxylic acids is 1. The van der Waals surface area contributed by atoms with Crippen molar-refractivity contribution in [3.05, 3.63) is 35.6 Å². The second kappa shape index (κ2) is 4.87. The molecule has 0 radical (unpaired) electrons. The molecule has 0 amide bonds. The van der Waals surface area contributed by atoms with E-state index in [2.05, 4.69) is 9.68 Å². The number of aromatic carboxylic acids is 1. The minimum atomic E-state index is -1.20. The van der Waals surface area contributed by atoms with Crippen molar-refractivity contribution in [3.63, 3.8) is 0 Å². The van der Waals surface area contributed by atoms with E-state index in [4.69, 9.17) is 9.84 Å². The summed E-state index contributed by atoms with van der Waals surface area (Å²) in [5.41, 5.74) is 1.28. The normalized spacial score (nSPS) is 10.3. The van der Waals surface area contributed by atoms with E-state index in [9.17, 15) is 9.18 Å². The number of carbonyl (C=O) groups is 1. The van der Waals surface area contributed by atoms with Crippen LogP contribution in [0.2, 0.25) is 0 Å². The molecular formula is C12H10FNO4. The zero-order valence-corrected chi connectivity index (χ0v) is 9.51. The van der Waals surface area contributed by atoms with Gasteiger partial charge in [-0.1, -0.05) is 5.16 Å². The van der Waals surface area contributed by atoms with Crippen LogP contribution in [0.25, 0.3) is 11.3 Å². The summed E-state index contributed by atoms with van der Waals surface area (Å²) in [7, 11) is 1.45. The number of benzene rings is 1. The predicted molar refractivity (Wildman–Crippen MR) is 60.3 cm³/mol. The van der Waals surface area contributed by atoms with Crippen LogP contribution in [0.4, 0.5) is 4.39 Å². The highest BCUT2D eigenvalue weighted by Crippen LogP contribution is 2.27. The van der Waals surface area contributed by atoms with Crippen molar-refractivity contribution in [1.29, 1.82) is 0 Å². The standard InChI is InChI=1S/C12H10FNO4/c1-17-10-3-2-7(4-8(10)6-13)9-5-11(12(15)16)18-14-9/h2-5H,6H2,1H3,(H,15,16). The second-order valence-corrected chi connectivity index (χ2v) is 3.54. The van der Waals surface area contributed by atoms with Gasteiger partial charge in [0.15, 0.2) is 0 Å². The second-order valence-electron chi connectivity index (χ2n) is 3.54.